The van der Waals surface area contributed by atoms with E-state index in [9.17, 15) is 0 Å². The molecule has 0 N–H and O–H groups in total. The van der Waals surface area contributed by atoms with Gasteiger partial charge in [-0.2, -0.15) is 5.10 Å². The first-order chi connectivity index (χ1) is 9.70. The van der Waals surface area contributed by atoms with E-state index in [2.05, 4.69) is 19.5 Å². The number of morpholine rings is 1. The van der Waals surface area contributed by atoms with Crippen molar-refractivity contribution in [1.29, 1.82) is 0 Å². The number of fused-ring (bicyclic) bond motifs is 1. The standard InChI is InChI=1S/C13H20ClN5O/c1-10-12-13(17(2)16-10)19(11(9-14)15-12)4-3-18-5-7-20-8-6-18/h3-9H2,1-2H3. The number of aryl methyl sites for hydroxylation is 2. The van der Waals surface area contributed by atoms with Gasteiger partial charge in [0, 0.05) is 33.2 Å². The second-order valence-corrected chi connectivity index (χ2v) is 5.42. The fourth-order valence-corrected chi connectivity index (χ4v) is 2.99. The zero-order valence-corrected chi connectivity index (χ0v) is 12.7. The molecule has 1 aliphatic heterocycles. The second kappa shape index (κ2) is 5.71. The summed E-state index contributed by atoms with van der Waals surface area (Å²) in [5, 5.41) is 4.44. The van der Waals surface area contributed by atoms with Crippen LogP contribution < -0.4 is 0 Å². The van der Waals surface area contributed by atoms with Gasteiger partial charge in [-0.05, 0) is 6.92 Å². The summed E-state index contributed by atoms with van der Waals surface area (Å²) in [6.07, 6.45) is 0. The molecule has 0 spiro atoms. The number of halogens is 1. The van der Waals surface area contributed by atoms with Crippen LogP contribution in [0, 0.1) is 6.92 Å². The molecule has 0 atom stereocenters. The van der Waals surface area contributed by atoms with Gasteiger partial charge in [0.15, 0.2) is 5.65 Å². The molecular formula is C13H20ClN5O. The van der Waals surface area contributed by atoms with Crippen molar-refractivity contribution < 1.29 is 4.74 Å². The average molecular weight is 298 g/mol. The highest BCUT2D eigenvalue weighted by Gasteiger charge is 2.18. The Bertz CT molecular complexity index is 599. The van der Waals surface area contributed by atoms with Crippen molar-refractivity contribution in [3.63, 3.8) is 0 Å². The maximum absolute atomic E-state index is 6.04. The van der Waals surface area contributed by atoms with Crippen LogP contribution in [0.2, 0.25) is 0 Å². The Morgan fingerprint density at radius 3 is 2.70 bits per heavy atom. The third kappa shape index (κ3) is 2.43. The third-order valence-corrected chi connectivity index (χ3v) is 4.07. The van der Waals surface area contributed by atoms with Gasteiger partial charge in [-0.1, -0.05) is 0 Å². The highest BCUT2D eigenvalue weighted by Crippen LogP contribution is 2.20. The number of nitrogens with zero attached hydrogens (tertiary/aromatic N) is 5. The summed E-state index contributed by atoms with van der Waals surface area (Å²) in [4.78, 5) is 7.03. The largest absolute Gasteiger partial charge is 0.379 e. The summed E-state index contributed by atoms with van der Waals surface area (Å²) in [6.45, 7) is 7.51. The molecule has 0 unspecified atom stereocenters. The lowest BCUT2D eigenvalue weighted by Crippen LogP contribution is -2.38. The van der Waals surface area contributed by atoms with Crippen LogP contribution in [0.4, 0.5) is 0 Å². The van der Waals surface area contributed by atoms with Gasteiger partial charge >= 0.3 is 0 Å². The number of ether oxygens (including phenoxy) is 1. The first kappa shape index (κ1) is 13.9. The van der Waals surface area contributed by atoms with Gasteiger partial charge in [0.05, 0.1) is 24.8 Å². The van der Waals surface area contributed by atoms with E-state index in [1.165, 1.54) is 0 Å². The number of aromatic nitrogens is 4. The maximum Gasteiger partial charge on any atom is 0.158 e. The molecule has 0 radical (unpaired) electrons. The molecule has 1 saturated heterocycles. The summed E-state index contributed by atoms with van der Waals surface area (Å²) in [7, 11) is 1.96. The Balaban J connectivity index is 1.85. The van der Waals surface area contributed by atoms with E-state index in [0.29, 0.717) is 5.88 Å². The molecule has 0 bridgehead atoms. The summed E-state index contributed by atoms with van der Waals surface area (Å²) in [5.74, 6) is 1.35. The monoisotopic (exact) mass is 297 g/mol. The van der Waals surface area contributed by atoms with Gasteiger partial charge in [0.25, 0.3) is 0 Å². The van der Waals surface area contributed by atoms with E-state index in [1.807, 2.05) is 18.7 Å². The summed E-state index contributed by atoms with van der Waals surface area (Å²) >= 11 is 6.04. The molecule has 1 fully saturated rings. The number of rotatable bonds is 4. The SMILES string of the molecule is Cc1nn(C)c2c1nc(CCl)n2CCN1CCOCC1. The Labute approximate surface area is 123 Å². The van der Waals surface area contributed by atoms with Crippen LogP contribution in [0.25, 0.3) is 11.2 Å². The lowest BCUT2D eigenvalue weighted by molar-refractivity contribution is 0.0364. The zero-order chi connectivity index (χ0) is 14.1. The van der Waals surface area contributed by atoms with Crippen LogP contribution in [-0.2, 0) is 24.2 Å². The van der Waals surface area contributed by atoms with E-state index >= 15 is 0 Å². The van der Waals surface area contributed by atoms with E-state index in [-0.39, 0.29) is 0 Å². The first-order valence-electron chi connectivity index (χ1n) is 6.95. The van der Waals surface area contributed by atoms with Crippen molar-refractivity contribution in [2.24, 2.45) is 7.05 Å². The van der Waals surface area contributed by atoms with E-state index in [1.54, 1.807) is 0 Å². The normalized spacial score (nSPS) is 17.1. The zero-order valence-electron chi connectivity index (χ0n) is 12.0. The predicted octanol–water partition coefficient (Wildman–Crippen LogP) is 1.15. The van der Waals surface area contributed by atoms with E-state index in [0.717, 1.165) is 62.1 Å². The number of hydrogen-bond donors (Lipinski definition) is 0. The smallest absolute Gasteiger partial charge is 0.158 e. The third-order valence-electron chi connectivity index (χ3n) is 3.83. The minimum Gasteiger partial charge on any atom is -0.379 e. The quantitative estimate of drug-likeness (QED) is 0.794. The van der Waals surface area contributed by atoms with Gasteiger partial charge in [-0.25, -0.2) is 4.98 Å². The Hall–Kier alpha value is -1.11. The molecule has 0 saturated carbocycles. The molecule has 7 heteroatoms. The molecule has 3 rings (SSSR count). The van der Waals surface area contributed by atoms with Crippen molar-refractivity contribution in [2.45, 2.75) is 19.3 Å². The average Bonchev–Trinajstić information content (AvgIpc) is 2.96. The minimum absolute atomic E-state index is 0.428. The summed E-state index contributed by atoms with van der Waals surface area (Å²) < 4.78 is 9.47. The number of alkyl halides is 1. The molecule has 2 aromatic rings. The van der Waals surface area contributed by atoms with Crippen molar-refractivity contribution in [2.75, 3.05) is 32.8 Å². The van der Waals surface area contributed by atoms with Gasteiger partial charge in [0.1, 0.15) is 11.3 Å². The van der Waals surface area contributed by atoms with Crippen molar-refractivity contribution in [1.82, 2.24) is 24.2 Å². The van der Waals surface area contributed by atoms with Crippen LogP contribution in [-0.4, -0.2) is 57.1 Å². The number of imidazole rings is 1. The molecule has 110 valence electrons. The summed E-state index contributed by atoms with van der Waals surface area (Å²) in [6, 6.07) is 0. The Morgan fingerprint density at radius 2 is 2.00 bits per heavy atom. The molecule has 2 aromatic heterocycles. The van der Waals surface area contributed by atoms with Gasteiger partial charge in [-0.15, -0.1) is 11.6 Å². The van der Waals surface area contributed by atoms with Crippen molar-refractivity contribution in [3.05, 3.63) is 11.5 Å². The fraction of sp³-hybridized carbons (Fsp3) is 0.692. The highest BCUT2D eigenvalue weighted by molar-refractivity contribution is 6.16. The summed E-state index contributed by atoms with van der Waals surface area (Å²) in [5.41, 5.74) is 2.98. The molecule has 0 aromatic carbocycles. The topological polar surface area (TPSA) is 48.1 Å². The molecular weight excluding hydrogens is 278 g/mol. The first-order valence-corrected chi connectivity index (χ1v) is 7.49. The highest BCUT2D eigenvalue weighted by atomic mass is 35.5. The number of hydrogen-bond acceptors (Lipinski definition) is 4. The van der Waals surface area contributed by atoms with Crippen LogP contribution in [0.1, 0.15) is 11.5 Å². The van der Waals surface area contributed by atoms with Crippen molar-refractivity contribution >= 4 is 22.8 Å². The van der Waals surface area contributed by atoms with E-state index in [4.69, 9.17) is 16.3 Å². The molecule has 0 aliphatic carbocycles. The maximum atomic E-state index is 6.04. The Morgan fingerprint density at radius 1 is 1.25 bits per heavy atom. The molecule has 0 amide bonds. The Kier molecular flexibility index (Phi) is 3.96. The van der Waals surface area contributed by atoms with Gasteiger partial charge in [0.2, 0.25) is 0 Å². The predicted molar refractivity (Wildman–Crippen MR) is 78.1 cm³/mol. The van der Waals surface area contributed by atoms with Gasteiger partial charge in [-0.3, -0.25) is 9.58 Å². The van der Waals surface area contributed by atoms with Crippen LogP contribution in [0.3, 0.4) is 0 Å². The van der Waals surface area contributed by atoms with E-state index < -0.39 is 0 Å². The molecule has 6 nitrogen and oxygen atoms in total. The fourth-order valence-electron chi connectivity index (χ4n) is 2.78. The lowest BCUT2D eigenvalue weighted by atomic mass is 10.4. The molecule has 1 aliphatic rings. The van der Waals surface area contributed by atoms with Crippen molar-refractivity contribution in [3.8, 4) is 0 Å². The second-order valence-electron chi connectivity index (χ2n) is 5.15. The van der Waals surface area contributed by atoms with Crippen LogP contribution in [0.5, 0.6) is 0 Å². The minimum atomic E-state index is 0.428. The van der Waals surface area contributed by atoms with Crippen LogP contribution in [0.15, 0.2) is 0 Å². The molecule has 3 heterocycles. The molecule has 20 heavy (non-hydrogen) atoms. The van der Waals surface area contributed by atoms with Crippen LogP contribution >= 0.6 is 11.6 Å². The lowest BCUT2D eigenvalue weighted by Gasteiger charge is -2.26. The van der Waals surface area contributed by atoms with Gasteiger partial charge < -0.3 is 9.30 Å².